The average molecular weight is 322 g/mol. The summed E-state index contributed by atoms with van der Waals surface area (Å²) in [5.41, 5.74) is 6.63. The molecule has 0 amide bonds. The van der Waals surface area contributed by atoms with Crippen LogP contribution in [0.4, 0.5) is 0 Å². The molecular weight excluding hydrogens is 300 g/mol. The van der Waals surface area contributed by atoms with Gasteiger partial charge in [-0.1, -0.05) is 31.2 Å². The van der Waals surface area contributed by atoms with Crippen LogP contribution in [-0.2, 0) is 22.4 Å². The zero-order valence-corrected chi connectivity index (χ0v) is 14.3. The second kappa shape index (κ2) is 5.66. The highest BCUT2D eigenvalue weighted by atomic mass is 16.5. The van der Waals surface area contributed by atoms with Crippen LogP contribution in [0.1, 0.15) is 46.6 Å². The van der Waals surface area contributed by atoms with Crippen LogP contribution in [0.3, 0.4) is 0 Å². The molecule has 0 saturated heterocycles. The molecule has 2 aliphatic rings. The Morgan fingerprint density at radius 1 is 1.08 bits per heavy atom. The fourth-order valence-corrected chi connectivity index (χ4v) is 4.63. The zero-order chi connectivity index (χ0) is 16.8. The maximum absolute atomic E-state index is 12.5. The van der Waals surface area contributed by atoms with Crippen molar-refractivity contribution in [3.8, 4) is 5.75 Å². The van der Waals surface area contributed by atoms with E-state index in [-0.39, 0.29) is 23.7 Å². The quantitative estimate of drug-likeness (QED) is 0.788. The van der Waals surface area contributed by atoms with Gasteiger partial charge in [-0.2, -0.15) is 0 Å². The predicted octanol–water partition coefficient (Wildman–Crippen LogP) is 3.83. The van der Waals surface area contributed by atoms with E-state index < -0.39 is 0 Å². The zero-order valence-electron chi connectivity index (χ0n) is 14.3. The summed E-state index contributed by atoms with van der Waals surface area (Å²) in [6.45, 7) is 2.15. The van der Waals surface area contributed by atoms with Crippen LogP contribution in [0.25, 0.3) is 0 Å². The molecule has 24 heavy (non-hydrogen) atoms. The van der Waals surface area contributed by atoms with Crippen LogP contribution in [0.2, 0.25) is 0 Å². The summed E-state index contributed by atoms with van der Waals surface area (Å²) in [5.74, 6) is 1.11. The van der Waals surface area contributed by atoms with E-state index in [1.807, 2.05) is 6.07 Å². The summed E-state index contributed by atoms with van der Waals surface area (Å²) in [6, 6.07) is 12.8. The molecule has 4 rings (SSSR count). The van der Waals surface area contributed by atoms with Crippen molar-refractivity contribution in [2.45, 2.75) is 31.6 Å². The number of hydrogen-bond acceptors (Lipinski definition) is 3. The Bertz CT molecular complexity index is 809. The van der Waals surface area contributed by atoms with Gasteiger partial charge in [-0.05, 0) is 58.7 Å². The van der Waals surface area contributed by atoms with Gasteiger partial charge in [0.05, 0.1) is 20.1 Å². The molecule has 2 aliphatic carbocycles. The first-order valence-corrected chi connectivity index (χ1v) is 8.49. The lowest BCUT2D eigenvalue weighted by atomic mass is 9.84. The maximum Gasteiger partial charge on any atom is 0.309 e. The molecule has 3 unspecified atom stereocenters. The molecule has 2 aromatic carbocycles. The average Bonchev–Trinajstić information content (AvgIpc) is 2.78. The first kappa shape index (κ1) is 15.3. The largest absolute Gasteiger partial charge is 0.497 e. The van der Waals surface area contributed by atoms with Crippen LogP contribution in [0.5, 0.6) is 5.75 Å². The fourth-order valence-electron chi connectivity index (χ4n) is 4.63. The Balaban J connectivity index is 1.88. The van der Waals surface area contributed by atoms with Gasteiger partial charge < -0.3 is 9.47 Å². The van der Waals surface area contributed by atoms with Crippen molar-refractivity contribution in [1.82, 2.24) is 0 Å². The number of carbonyl (C=O) groups excluding carboxylic acids is 1. The second-order valence-corrected chi connectivity index (χ2v) is 6.88. The van der Waals surface area contributed by atoms with Gasteiger partial charge in [-0.15, -0.1) is 0 Å². The summed E-state index contributed by atoms with van der Waals surface area (Å²) in [6.07, 6.45) is 1.78. The molecule has 3 nitrogen and oxygen atoms in total. The van der Waals surface area contributed by atoms with Gasteiger partial charge in [-0.3, -0.25) is 4.79 Å². The number of benzene rings is 2. The Hall–Kier alpha value is -2.29. The normalized spacial score (nSPS) is 23.9. The van der Waals surface area contributed by atoms with Crippen LogP contribution < -0.4 is 4.74 Å². The van der Waals surface area contributed by atoms with Crippen molar-refractivity contribution in [3.05, 3.63) is 64.2 Å². The van der Waals surface area contributed by atoms with E-state index in [0.717, 1.165) is 18.6 Å². The highest BCUT2D eigenvalue weighted by Gasteiger charge is 2.45. The van der Waals surface area contributed by atoms with E-state index in [2.05, 4.69) is 37.3 Å². The van der Waals surface area contributed by atoms with Gasteiger partial charge in [-0.25, -0.2) is 0 Å². The number of rotatable bonds is 2. The van der Waals surface area contributed by atoms with Crippen molar-refractivity contribution in [2.75, 3.05) is 14.2 Å². The number of esters is 1. The molecule has 124 valence electrons. The molecule has 0 aromatic heterocycles. The highest BCUT2D eigenvalue weighted by Crippen LogP contribution is 2.51. The summed E-state index contributed by atoms with van der Waals surface area (Å²) >= 11 is 0. The van der Waals surface area contributed by atoms with Gasteiger partial charge in [0.2, 0.25) is 0 Å². The molecule has 0 bridgehead atoms. The van der Waals surface area contributed by atoms with E-state index in [1.54, 1.807) is 7.11 Å². The van der Waals surface area contributed by atoms with E-state index in [4.69, 9.17) is 9.47 Å². The minimum atomic E-state index is -0.0980. The lowest BCUT2D eigenvalue weighted by molar-refractivity contribution is -0.146. The smallest absolute Gasteiger partial charge is 0.309 e. The molecule has 0 spiro atoms. The molecule has 0 N–H and O–H groups in total. The molecule has 0 radical (unpaired) electrons. The summed E-state index contributed by atoms with van der Waals surface area (Å²) < 4.78 is 10.5. The Morgan fingerprint density at radius 3 is 2.67 bits per heavy atom. The number of fused-ring (bicyclic) bond motifs is 1. The lowest BCUT2D eigenvalue weighted by Crippen LogP contribution is -2.24. The van der Waals surface area contributed by atoms with Gasteiger partial charge in [0.1, 0.15) is 5.75 Å². The monoisotopic (exact) mass is 322 g/mol. The van der Waals surface area contributed by atoms with Gasteiger partial charge >= 0.3 is 5.97 Å². The van der Waals surface area contributed by atoms with Crippen LogP contribution in [0, 0.1) is 5.92 Å². The third-order valence-electron chi connectivity index (χ3n) is 5.77. The van der Waals surface area contributed by atoms with Crippen molar-refractivity contribution in [3.63, 3.8) is 0 Å². The standard InChI is InChI=1S/C21H22O3/c1-12-17-6-4-5-14-9-15-10-16(23-2)8-7-13(15)11-18(20(14)17)19(12)21(22)24-3/h4-8,10,12,18-19H,9,11H2,1-3H3. The molecule has 0 saturated carbocycles. The molecular formula is C21H22O3. The molecule has 3 atom stereocenters. The van der Waals surface area contributed by atoms with E-state index >= 15 is 0 Å². The SMILES string of the molecule is COC(=O)C1C(C)c2cccc3c2C1Cc1ccc(OC)cc1C3. The lowest BCUT2D eigenvalue weighted by Gasteiger charge is -2.21. The third-order valence-corrected chi connectivity index (χ3v) is 5.77. The molecule has 3 heteroatoms. The second-order valence-electron chi connectivity index (χ2n) is 6.88. The predicted molar refractivity (Wildman–Crippen MR) is 92.6 cm³/mol. The maximum atomic E-state index is 12.5. The van der Waals surface area contributed by atoms with Crippen molar-refractivity contribution in [1.29, 1.82) is 0 Å². The molecule has 0 fully saturated rings. The minimum absolute atomic E-state index is 0.0911. The Kier molecular flexibility index (Phi) is 3.60. The van der Waals surface area contributed by atoms with Crippen molar-refractivity contribution >= 4 is 5.97 Å². The molecule has 0 aliphatic heterocycles. The topological polar surface area (TPSA) is 35.5 Å². The first-order valence-electron chi connectivity index (χ1n) is 8.49. The Labute approximate surface area is 142 Å². The first-order chi connectivity index (χ1) is 11.6. The van der Waals surface area contributed by atoms with E-state index in [1.165, 1.54) is 34.9 Å². The molecule has 0 heterocycles. The van der Waals surface area contributed by atoms with Gasteiger partial charge in [0, 0.05) is 5.92 Å². The van der Waals surface area contributed by atoms with Gasteiger partial charge in [0.15, 0.2) is 0 Å². The number of carbonyl (C=O) groups is 1. The molecule has 2 aromatic rings. The van der Waals surface area contributed by atoms with Crippen molar-refractivity contribution < 1.29 is 14.3 Å². The third kappa shape index (κ3) is 2.15. The van der Waals surface area contributed by atoms with Gasteiger partial charge in [0.25, 0.3) is 0 Å². The Morgan fingerprint density at radius 2 is 1.92 bits per heavy atom. The van der Waals surface area contributed by atoms with Crippen LogP contribution in [0.15, 0.2) is 36.4 Å². The minimum Gasteiger partial charge on any atom is -0.497 e. The summed E-state index contributed by atoms with van der Waals surface area (Å²) in [5, 5.41) is 0. The van der Waals surface area contributed by atoms with Crippen LogP contribution in [-0.4, -0.2) is 20.2 Å². The highest BCUT2D eigenvalue weighted by molar-refractivity contribution is 5.77. The van der Waals surface area contributed by atoms with Crippen LogP contribution >= 0.6 is 0 Å². The fraction of sp³-hybridized carbons (Fsp3) is 0.381. The van der Waals surface area contributed by atoms with E-state index in [0.29, 0.717) is 0 Å². The summed E-state index contributed by atoms with van der Waals surface area (Å²) in [7, 11) is 3.19. The number of ether oxygens (including phenoxy) is 2. The number of hydrogen-bond donors (Lipinski definition) is 0. The summed E-state index contributed by atoms with van der Waals surface area (Å²) in [4.78, 5) is 12.5. The van der Waals surface area contributed by atoms with E-state index in [9.17, 15) is 4.79 Å². The number of methoxy groups -OCH3 is 2. The van der Waals surface area contributed by atoms with Crippen molar-refractivity contribution in [2.24, 2.45) is 5.92 Å².